The maximum absolute atomic E-state index is 10.2. The van der Waals surface area contributed by atoms with Crippen LogP contribution in [-0.2, 0) is 19.5 Å². The molecule has 1 saturated heterocycles. The van der Waals surface area contributed by atoms with Gasteiger partial charge in [-0.3, -0.25) is 4.98 Å². The summed E-state index contributed by atoms with van der Waals surface area (Å²) in [6, 6.07) is 5.72. The van der Waals surface area contributed by atoms with Crippen LogP contribution in [0.2, 0.25) is 0 Å². The molecule has 1 aromatic rings. The minimum Gasteiger partial charge on any atom is -0.852 e. The number of hydrogen-bond acceptors (Lipinski definition) is 6. The van der Waals surface area contributed by atoms with E-state index in [1.165, 1.54) is 39.3 Å². The van der Waals surface area contributed by atoms with E-state index in [9.17, 15) is 5.11 Å². The van der Waals surface area contributed by atoms with E-state index >= 15 is 0 Å². The van der Waals surface area contributed by atoms with Crippen molar-refractivity contribution in [3.05, 3.63) is 30.6 Å². The number of aromatic nitrogens is 1. The summed E-state index contributed by atoms with van der Waals surface area (Å²) in [6.45, 7) is 10.4. The Morgan fingerprint density at radius 2 is 1.19 bits per heavy atom. The average molecular weight is 455 g/mol. The molecule has 2 heterocycles. The molecule has 0 amide bonds. The molecule has 1 aliphatic heterocycles. The van der Waals surface area contributed by atoms with Gasteiger partial charge in [-0.2, -0.15) is 0 Å². The van der Waals surface area contributed by atoms with Crippen molar-refractivity contribution in [2.45, 2.75) is 32.5 Å². The molecule has 26 heavy (non-hydrogen) atoms. The normalized spacial score (nSPS) is 19.0. The van der Waals surface area contributed by atoms with Gasteiger partial charge >= 0.3 is 19.5 Å². The Labute approximate surface area is 173 Å². The number of pyridine rings is 1. The van der Waals surface area contributed by atoms with Gasteiger partial charge in [0.15, 0.2) is 0 Å². The summed E-state index contributed by atoms with van der Waals surface area (Å²) >= 11 is 0. The van der Waals surface area contributed by atoms with Crippen LogP contribution in [0.5, 0.6) is 0 Å². The molecule has 1 radical (unpaired) electrons. The predicted molar refractivity (Wildman–Crippen MR) is 102 cm³/mol. The van der Waals surface area contributed by atoms with Gasteiger partial charge in [-0.05, 0) is 46.6 Å². The second kappa shape index (κ2) is 18.0. The van der Waals surface area contributed by atoms with Gasteiger partial charge in [-0.1, -0.05) is 13.0 Å². The zero-order chi connectivity index (χ0) is 19.1. The Morgan fingerprint density at radius 1 is 0.846 bits per heavy atom. The number of hydrogen-bond donors (Lipinski definition) is 1. The topological polar surface area (TPSA) is 65.9 Å². The van der Waals surface area contributed by atoms with E-state index in [1.807, 2.05) is 18.2 Å². The summed E-state index contributed by atoms with van der Waals surface area (Å²) in [5.41, 5.74) is 0. The Kier molecular flexibility index (Phi) is 19.2. The number of rotatable bonds is 2. The van der Waals surface area contributed by atoms with Gasteiger partial charge in [0.05, 0.1) is 6.10 Å². The van der Waals surface area contributed by atoms with E-state index in [0.29, 0.717) is 6.42 Å². The second-order valence-electron chi connectivity index (χ2n) is 6.83. The van der Waals surface area contributed by atoms with Gasteiger partial charge in [0.2, 0.25) is 0 Å². The molecule has 1 N–H and O–H groups in total. The van der Waals surface area contributed by atoms with Gasteiger partial charge in [0.25, 0.3) is 0 Å². The van der Waals surface area contributed by atoms with Crippen molar-refractivity contribution < 1.29 is 29.7 Å². The fraction of sp³-hybridized carbons (Fsp3) is 0.737. The molecule has 0 aliphatic carbocycles. The summed E-state index contributed by atoms with van der Waals surface area (Å²) in [4.78, 5) is 11.0. The van der Waals surface area contributed by atoms with Gasteiger partial charge in [-0.25, -0.2) is 0 Å². The zero-order valence-electron chi connectivity index (χ0n) is 17.0. The summed E-state index contributed by atoms with van der Waals surface area (Å²) in [6.07, 6.45) is 2.80. The van der Waals surface area contributed by atoms with Crippen LogP contribution < -0.4 is 5.11 Å². The van der Waals surface area contributed by atoms with Crippen LogP contribution in [0.15, 0.2) is 30.6 Å². The maximum atomic E-state index is 10.2. The fourth-order valence-electron chi connectivity index (χ4n) is 2.15. The third-order valence-electron chi connectivity index (χ3n) is 3.83. The minimum absolute atomic E-state index is 0. The van der Waals surface area contributed by atoms with Crippen molar-refractivity contribution in [2.24, 2.45) is 0 Å². The quantitative estimate of drug-likeness (QED) is 0.652. The number of nitrogens with zero attached hydrogens (tertiary/aromatic N) is 4. The van der Waals surface area contributed by atoms with Crippen molar-refractivity contribution in [2.75, 3.05) is 60.4 Å². The first-order valence-electron chi connectivity index (χ1n) is 9.05. The molecule has 2 rings (SSSR count). The molecule has 7 heteroatoms. The van der Waals surface area contributed by atoms with Crippen LogP contribution in [0, 0.1) is 0 Å². The zero-order valence-corrected chi connectivity index (χ0v) is 18.7. The van der Waals surface area contributed by atoms with Crippen LogP contribution in [0.1, 0.15) is 20.3 Å². The van der Waals surface area contributed by atoms with Crippen molar-refractivity contribution in [1.29, 1.82) is 0 Å². The van der Waals surface area contributed by atoms with Crippen LogP contribution >= 0.6 is 0 Å². The largest absolute Gasteiger partial charge is 3.00 e. The summed E-state index contributed by atoms with van der Waals surface area (Å²) in [5.74, 6) is 0. The average Bonchev–Trinajstić information content (AvgIpc) is 2.63. The molecule has 1 aliphatic rings. The van der Waals surface area contributed by atoms with E-state index in [4.69, 9.17) is 5.11 Å². The fourth-order valence-corrected chi connectivity index (χ4v) is 2.15. The third kappa shape index (κ3) is 19.9. The molecule has 0 saturated carbocycles. The summed E-state index contributed by atoms with van der Waals surface area (Å²) in [5, 5.41) is 18.7. The Hall–Kier alpha value is -0.427. The van der Waals surface area contributed by atoms with Crippen LogP contribution in [-0.4, -0.2) is 97.4 Å². The second-order valence-corrected chi connectivity index (χ2v) is 6.83. The molecule has 1 fully saturated rings. The predicted octanol–water partition coefficient (Wildman–Crippen LogP) is 0.381. The molecule has 2 unspecified atom stereocenters. The smallest absolute Gasteiger partial charge is 0.852 e. The van der Waals surface area contributed by atoms with E-state index < -0.39 is 12.2 Å². The molecular formula is C19H37N4O2Ru+2. The van der Waals surface area contributed by atoms with Crippen molar-refractivity contribution in [1.82, 2.24) is 19.7 Å². The Bertz CT molecular complexity index is 328. The Balaban J connectivity index is 0. The van der Waals surface area contributed by atoms with Gasteiger partial charge in [-0.15, -0.1) is 6.10 Å². The SMILES string of the molecule is CC([O-])CC(C)O.CN1CCN(C)CCN(C)CC1.[Ru+3].c1ccncc1. The number of aliphatic hydroxyl groups excluding tert-OH is 1. The summed E-state index contributed by atoms with van der Waals surface area (Å²) < 4.78 is 0. The van der Waals surface area contributed by atoms with E-state index in [0.717, 1.165) is 0 Å². The molecule has 0 spiro atoms. The van der Waals surface area contributed by atoms with Crippen molar-refractivity contribution in [3.63, 3.8) is 0 Å². The first-order chi connectivity index (χ1) is 11.8. The molecule has 1 aromatic heterocycles. The monoisotopic (exact) mass is 455 g/mol. The van der Waals surface area contributed by atoms with Gasteiger partial charge in [0.1, 0.15) is 0 Å². The van der Waals surface area contributed by atoms with Crippen molar-refractivity contribution in [3.8, 4) is 0 Å². The molecule has 0 bridgehead atoms. The van der Waals surface area contributed by atoms with Gasteiger partial charge in [0, 0.05) is 51.7 Å². The molecule has 151 valence electrons. The molecule has 2 atom stereocenters. The van der Waals surface area contributed by atoms with E-state index in [2.05, 4.69) is 40.8 Å². The summed E-state index contributed by atoms with van der Waals surface area (Å²) in [7, 11) is 6.60. The Morgan fingerprint density at radius 3 is 1.31 bits per heavy atom. The maximum Gasteiger partial charge on any atom is 3.00 e. The van der Waals surface area contributed by atoms with Crippen molar-refractivity contribution >= 4 is 0 Å². The first kappa shape index (κ1) is 27.8. The molecule has 6 nitrogen and oxygen atoms in total. The van der Waals surface area contributed by atoms with Crippen LogP contribution in [0.25, 0.3) is 0 Å². The van der Waals surface area contributed by atoms with Crippen LogP contribution in [0.4, 0.5) is 0 Å². The molecular weight excluding hydrogens is 417 g/mol. The third-order valence-corrected chi connectivity index (χ3v) is 3.83. The molecule has 0 aromatic carbocycles. The minimum atomic E-state index is -0.625. The number of aliphatic hydroxyl groups is 1. The van der Waals surface area contributed by atoms with Crippen LogP contribution in [0.3, 0.4) is 0 Å². The van der Waals surface area contributed by atoms with Gasteiger partial charge < -0.3 is 24.9 Å². The van der Waals surface area contributed by atoms with E-state index in [-0.39, 0.29) is 19.5 Å². The van der Waals surface area contributed by atoms with E-state index in [1.54, 1.807) is 26.2 Å². The number of likely N-dealkylation sites (N-methyl/N-ethyl adjacent to an activating group) is 3. The first-order valence-corrected chi connectivity index (χ1v) is 9.05. The standard InChI is InChI=1S/C9H21N3.C5H5N.C5H11O2.Ru/c1-10-4-6-11(2)8-9-12(3)7-5-10;1-2-4-6-5-3-1;1-4(6)3-5(2)7;/h4-9H2,1-3H3;1-5H;4-6H,3H2,1-2H3;/q;;-1;+3.